The van der Waals surface area contributed by atoms with E-state index >= 15 is 0 Å². The van der Waals surface area contributed by atoms with Crippen molar-refractivity contribution in [1.29, 1.82) is 0 Å². The van der Waals surface area contributed by atoms with Crippen molar-refractivity contribution in [2.75, 3.05) is 5.73 Å². The molecule has 20 heavy (non-hydrogen) atoms. The molecule has 0 heterocycles. The van der Waals surface area contributed by atoms with Crippen LogP contribution in [-0.2, 0) is 11.2 Å². The smallest absolute Gasteiger partial charge is 0.310 e. The average molecular weight is 290 g/mol. The second-order valence-corrected chi connectivity index (χ2v) is 5.12. The van der Waals surface area contributed by atoms with Crippen LogP contribution >= 0.6 is 11.6 Å². The minimum absolute atomic E-state index is 0.505. The monoisotopic (exact) mass is 289 g/mol. The number of aryl methyl sites for hydroxylation is 1. The van der Waals surface area contributed by atoms with Crippen LogP contribution in [0.25, 0.3) is 0 Å². The van der Waals surface area contributed by atoms with Crippen molar-refractivity contribution in [3.63, 3.8) is 0 Å². The summed E-state index contributed by atoms with van der Waals surface area (Å²) in [5.74, 6) is -1.38. The van der Waals surface area contributed by atoms with Gasteiger partial charge in [-0.1, -0.05) is 41.9 Å². The van der Waals surface area contributed by atoms with Crippen LogP contribution in [0.5, 0.6) is 0 Å². The lowest BCUT2D eigenvalue weighted by Crippen LogP contribution is -2.13. The lowest BCUT2D eigenvalue weighted by atomic mass is 9.92. The number of carboxylic acids is 1. The average Bonchev–Trinajstić information content (AvgIpc) is 2.42. The van der Waals surface area contributed by atoms with Gasteiger partial charge in [-0.15, -0.1) is 0 Å². The summed E-state index contributed by atoms with van der Waals surface area (Å²) in [6, 6.07) is 14.5. The van der Waals surface area contributed by atoms with Crippen LogP contribution in [-0.4, -0.2) is 11.1 Å². The molecule has 0 radical (unpaired) electrons. The minimum Gasteiger partial charge on any atom is -0.481 e. The van der Waals surface area contributed by atoms with Gasteiger partial charge in [0.25, 0.3) is 0 Å². The van der Waals surface area contributed by atoms with E-state index in [0.717, 1.165) is 11.1 Å². The fourth-order valence-electron chi connectivity index (χ4n) is 2.19. The van der Waals surface area contributed by atoms with Gasteiger partial charge in [-0.2, -0.15) is 0 Å². The highest BCUT2D eigenvalue weighted by molar-refractivity contribution is 6.30. The van der Waals surface area contributed by atoms with Gasteiger partial charge in [-0.25, -0.2) is 0 Å². The van der Waals surface area contributed by atoms with E-state index in [1.54, 1.807) is 24.3 Å². The van der Waals surface area contributed by atoms with Crippen molar-refractivity contribution in [3.8, 4) is 0 Å². The summed E-state index contributed by atoms with van der Waals surface area (Å²) in [5.41, 5.74) is 8.32. The molecular weight excluding hydrogens is 274 g/mol. The maximum atomic E-state index is 11.4. The molecule has 0 aromatic heterocycles. The summed E-state index contributed by atoms with van der Waals surface area (Å²) in [6.07, 6.45) is 1.14. The fraction of sp³-hybridized carbons (Fsp3) is 0.188. The molecule has 104 valence electrons. The zero-order valence-corrected chi connectivity index (χ0v) is 11.7. The summed E-state index contributed by atoms with van der Waals surface area (Å²) in [6.45, 7) is 0. The summed E-state index contributed by atoms with van der Waals surface area (Å²) >= 11 is 5.83. The number of aliphatic carboxylic acids is 1. The molecular formula is C16H16ClNO2. The second kappa shape index (κ2) is 6.44. The standard InChI is InChI=1S/C16H16ClNO2/c17-13-8-5-11(6-9-13)14(16(19)20)10-7-12-3-1-2-4-15(12)18/h1-6,8-9,14H,7,10,18H2,(H,19,20)/t14-/m1/s1. The highest BCUT2D eigenvalue weighted by Crippen LogP contribution is 2.25. The Bertz CT molecular complexity index is 596. The number of carboxylic acid groups (broad SMARTS) is 1. The number of rotatable bonds is 5. The number of para-hydroxylation sites is 1. The number of nitrogens with two attached hydrogens (primary N) is 1. The molecule has 3 N–H and O–H groups in total. The Morgan fingerprint density at radius 2 is 1.80 bits per heavy atom. The minimum atomic E-state index is -0.832. The third kappa shape index (κ3) is 3.52. The first-order chi connectivity index (χ1) is 9.58. The number of hydrogen-bond donors (Lipinski definition) is 2. The van der Waals surface area contributed by atoms with Gasteiger partial charge in [-0.3, -0.25) is 4.79 Å². The van der Waals surface area contributed by atoms with Crippen LogP contribution in [0.2, 0.25) is 5.02 Å². The number of halogens is 1. The van der Waals surface area contributed by atoms with Crippen LogP contribution in [0.15, 0.2) is 48.5 Å². The molecule has 0 aliphatic heterocycles. The molecule has 3 nitrogen and oxygen atoms in total. The van der Waals surface area contributed by atoms with E-state index < -0.39 is 11.9 Å². The topological polar surface area (TPSA) is 63.3 Å². The summed E-state index contributed by atoms with van der Waals surface area (Å²) < 4.78 is 0. The van der Waals surface area contributed by atoms with Gasteiger partial charge in [0.15, 0.2) is 0 Å². The van der Waals surface area contributed by atoms with E-state index in [1.807, 2.05) is 24.3 Å². The Morgan fingerprint density at radius 1 is 1.15 bits per heavy atom. The highest BCUT2D eigenvalue weighted by atomic mass is 35.5. The first-order valence-electron chi connectivity index (χ1n) is 6.39. The van der Waals surface area contributed by atoms with Crippen LogP contribution in [0, 0.1) is 0 Å². The molecule has 0 bridgehead atoms. The Morgan fingerprint density at radius 3 is 2.40 bits per heavy atom. The van der Waals surface area contributed by atoms with Gasteiger partial charge < -0.3 is 10.8 Å². The van der Waals surface area contributed by atoms with Crippen molar-refractivity contribution in [2.24, 2.45) is 0 Å². The number of nitrogen functional groups attached to an aromatic ring is 1. The summed E-state index contributed by atoms with van der Waals surface area (Å²) in [4.78, 5) is 11.4. The predicted octanol–water partition coefficient (Wildman–Crippen LogP) is 3.72. The Labute approximate surface area is 123 Å². The van der Waals surface area contributed by atoms with Crippen molar-refractivity contribution >= 4 is 23.3 Å². The van der Waals surface area contributed by atoms with E-state index in [1.165, 1.54) is 0 Å². The van der Waals surface area contributed by atoms with Gasteiger partial charge in [0.2, 0.25) is 0 Å². The van der Waals surface area contributed by atoms with Crippen molar-refractivity contribution < 1.29 is 9.90 Å². The first kappa shape index (κ1) is 14.4. The van der Waals surface area contributed by atoms with E-state index in [0.29, 0.717) is 23.6 Å². The number of hydrogen-bond acceptors (Lipinski definition) is 2. The lowest BCUT2D eigenvalue weighted by molar-refractivity contribution is -0.138. The third-order valence-corrected chi connectivity index (χ3v) is 3.58. The van der Waals surface area contributed by atoms with Gasteiger partial charge in [0.1, 0.15) is 0 Å². The zero-order valence-electron chi connectivity index (χ0n) is 10.9. The van der Waals surface area contributed by atoms with Gasteiger partial charge in [-0.05, 0) is 42.2 Å². The molecule has 0 saturated heterocycles. The Balaban J connectivity index is 2.13. The predicted molar refractivity (Wildman–Crippen MR) is 81.0 cm³/mol. The number of anilines is 1. The molecule has 2 rings (SSSR count). The van der Waals surface area contributed by atoms with Crippen molar-refractivity contribution in [2.45, 2.75) is 18.8 Å². The molecule has 4 heteroatoms. The Hall–Kier alpha value is -2.00. The SMILES string of the molecule is Nc1ccccc1CC[C@@H](C(=O)O)c1ccc(Cl)cc1. The molecule has 2 aromatic carbocycles. The lowest BCUT2D eigenvalue weighted by Gasteiger charge is -2.13. The van der Waals surface area contributed by atoms with Gasteiger partial charge >= 0.3 is 5.97 Å². The number of carbonyl (C=O) groups is 1. The molecule has 2 aromatic rings. The first-order valence-corrected chi connectivity index (χ1v) is 6.77. The zero-order chi connectivity index (χ0) is 14.5. The summed E-state index contributed by atoms with van der Waals surface area (Å²) in [5, 5.41) is 9.98. The van der Waals surface area contributed by atoms with Crippen LogP contribution < -0.4 is 5.73 Å². The van der Waals surface area contributed by atoms with E-state index in [9.17, 15) is 9.90 Å². The fourth-order valence-corrected chi connectivity index (χ4v) is 2.32. The molecule has 0 unspecified atom stereocenters. The largest absolute Gasteiger partial charge is 0.481 e. The normalized spacial score (nSPS) is 12.1. The molecule has 0 spiro atoms. The quantitative estimate of drug-likeness (QED) is 0.825. The Kier molecular flexibility index (Phi) is 4.64. The van der Waals surface area contributed by atoms with Gasteiger partial charge in [0, 0.05) is 10.7 Å². The highest BCUT2D eigenvalue weighted by Gasteiger charge is 2.19. The maximum Gasteiger partial charge on any atom is 0.310 e. The summed E-state index contributed by atoms with van der Waals surface area (Å²) in [7, 11) is 0. The van der Waals surface area contributed by atoms with Crippen LogP contribution in [0.1, 0.15) is 23.5 Å². The maximum absolute atomic E-state index is 11.4. The van der Waals surface area contributed by atoms with E-state index in [2.05, 4.69) is 0 Å². The third-order valence-electron chi connectivity index (χ3n) is 3.33. The van der Waals surface area contributed by atoms with Crippen molar-refractivity contribution in [1.82, 2.24) is 0 Å². The van der Waals surface area contributed by atoms with Crippen LogP contribution in [0.3, 0.4) is 0 Å². The number of benzene rings is 2. The molecule has 0 amide bonds. The van der Waals surface area contributed by atoms with Gasteiger partial charge in [0.05, 0.1) is 5.92 Å². The second-order valence-electron chi connectivity index (χ2n) is 4.68. The van der Waals surface area contributed by atoms with E-state index in [-0.39, 0.29) is 0 Å². The molecule has 0 aliphatic rings. The molecule has 0 aliphatic carbocycles. The van der Waals surface area contributed by atoms with Crippen LogP contribution in [0.4, 0.5) is 5.69 Å². The molecule has 1 atom stereocenters. The van der Waals surface area contributed by atoms with E-state index in [4.69, 9.17) is 17.3 Å². The molecule has 0 saturated carbocycles. The molecule has 0 fully saturated rings. The van der Waals surface area contributed by atoms with Crippen molar-refractivity contribution in [3.05, 3.63) is 64.7 Å².